The first-order valence-electron chi connectivity index (χ1n) is 7.66. The lowest BCUT2D eigenvalue weighted by atomic mass is 10.0. The molecule has 9 nitrogen and oxygen atoms in total. The van der Waals surface area contributed by atoms with Crippen molar-refractivity contribution in [1.29, 1.82) is 0 Å². The fourth-order valence-electron chi connectivity index (χ4n) is 2.91. The molecule has 0 bridgehead atoms. The number of aliphatic hydroxyl groups excluding tert-OH is 1. The first-order chi connectivity index (χ1) is 11.6. The van der Waals surface area contributed by atoms with Crippen LogP contribution in [-0.2, 0) is 14.4 Å². The Hall–Kier alpha value is -1.88. The second-order valence-electron chi connectivity index (χ2n) is 6.56. The highest BCUT2D eigenvalue weighted by Gasteiger charge is 2.49. The summed E-state index contributed by atoms with van der Waals surface area (Å²) < 4.78 is 0.111. The predicted molar refractivity (Wildman–Crippen MR) is 89.3 cm³/mol. The van der Waals surface area contributed by atoms with Crippen LogP contribution in [0.2, 0.25) is 0 Å². The molecule has 0 aromatic carbocycles. The van der Waals surface area contributed by atoms with Gasteiger partial charge in [0, 0.05) is 5.75 Å². The van der Waals surface area contributed by atoms with Crippen LogP contribution in [0.4, 0.5) is 0 Å². The first kappa shape index (κ1) is 19.4. The number of hydrogen-bond acceptors (Lipinski definition) is 7. The third-order valence-corrected chi connectivity index (χ3v) is 5.80. The van der Waals surface area contributed by atoms with E-state index < -0.39 is 29.9 Å². The molecule has 5 N–H and O–H groups in total. The van der Waals surface area contributed by atoms with Gasteiger partial charge in [-0.15, -0.1) is 11.8 Å². The van der Waals surface area contributed by atoms with Crippen LogP contribution in [0.1, 0.15) is 0 Å². The monoisotopic (exact) mass is 370 g/mol. The Morgan fingerprint density at radius 1 is 1.52 bits per heavy atom. The van der Waals surface area contributed by atoms with Gasteiger partial charge in [-0.1, -0.05) is 6.08 Å². The van der Waals surface area contributed by atoms with E-state index >= 15 is 0 Å². The highest BCUT2D eigenvalue weighted by atomic mass is 32.2. The van der Waals surface area contributed by atoms with Gasteiger partial charge in [-0.3, -0.25) is 14.5 Å². The van der Waals surface area contributed by atoms with Gasteiger partial charge in [0.1, 0.15) is 18.0 Å². The van der Waals surface area contributed by atoms with Crippen LogP contribution >= 0.6 is 11.8 Å². The Morgan fingerprint density at radius 2 is 2.16 bits per heavy atom. The quantitative estimate of drug-likeness (QED) is 0.314. The molecule has 25 heavy (non-hydrogen) atoms. The number of amides is 2. The van der Waals surface area contributed by atoms with E-state index in [1.807, 2.05) is 0 Å². The molecule has 0 radical (unpaired) electrons. The lowest BCUT2D eigenvalue weighted by Crippen LogP contribution is -2.69. The summed E-state index contributed by atoms with van der Waals surface area (Å²) in [5, 5.41) is 20.4. The zero-order valence-corrected chi connectivity index (χ0v) is 14.9. The van der Waals surface area contributed by atoms with Gasteiger partial charge in [-0.2, -0.15) is 0 Å². The molecule has 2 amide bonds. The average molecular weight is 370 g/mol. The van der Waals surface area contributed by atoms with Gasteiger partial charge in [-0.25, -0.2) is 0 Å². The SMILES string of the molecule is C[N+](C)(C/C=C/C1=C(C(=O)[O-])N2C(=O)[C@@H](N)[C@@H]2SC1)[C@H](CO)C(N)=O. The standard InChI is InChI=1S/C15H22N4O5S/c1-19(2,9(6-20)12(17)21)5-3-4-8-7-25-14-10(16)13(22)18(14)11(8)15(23)24/h3-4,9-10,14,20H,5-7,16H2,1-2H3,(H2-,17,21,23,24)/b4-3+/t9-,10-,14+/m1/s1. The number of carbonyl (C=O) groups excluding carboxylic acids is 3. The number of β-lactam (4-membered cyclic amide) rings is 1. The molecule has 2 rings (SSSR count). The second kappa shape index (κ2) is 7.16. The van der Waals surface area contributed by atoms with E-state index in [0.29, 0.717) is 17.9 Å². The number of carboxylic acids is 1. The molecule has 1 fully saturated rings. The first-order valence-corrected chi connectivity index (χ1v) is 8.70. The maximum absolute atomic E-state index is 11.8. The Labute approximate surface area is 149 Å². The molecule has 2 aliphatic heterocycles. The molecule has 2 heterocycles. The van der Waals surface area contributed by atoms with Gasteiger partial charge >= 0.3 is 0 Å². The number of primary amides is 1. The van der Waals surface area contributed by atoms with Crippen LogP contribution in [0.5, 0.6) is 0 Å². The largest absolute Gasteiger partial charge is 0.543 e. The molecule has 0 spiro atoms. The molecule has 138 valence electrons. The molecule has 0 aliphatic carbocycles. The number of thioether (sulfide) groups is 1. The summed E-state index contributed by atoms with van der Waals surface area (Å²) in [5.74, 6) is -2.10. The zero-order chi connectivity index (χ0) is 18.9. The fraction of sp³-hybridized carbons (Fsp3) is 0.533. The molecule has 0 aromatic heterocycles. The van der Waals surface area contributed by atoms with Crippen LogP contribution in [0, 0.1) is 0 Å². The van der Waals surface area contributed by atoms with Crippen molar-refractivity contribution in [3.63, 3.8) is 0 Å². The molecule has 0 aromatic rings. The van der Waals surface area contributed by atoms with Gasteiger partial charge in [0.2, 0.25) is 5.91 Å². The Bertz CT molecular complexity index is 660. The van der Waals surface area contributed by atoms with E-state index in [-0.39, 0.29) is 22.2 Å². The number of hydrogen-bond donors (Lipinski definition) is 3. The number of nitrogens with two attached hydrogens (primary N) is 2. The van der Waals surface area contributed by atoms with Crippen molar-refractivity contribution in [3.8, 4) is 0 Å². The topological polar surface area (TPSA) is 150 Å². The summed E-state index contributed by atoms with van der Waals surface area (Å²) in [6.07, 6.45) is 3.29. The number of likely N-dealkylation sites (N-methyl/N-ethyl adjacent to an activating group) is 1. The summed E-state index contributed by atoms with van der Waals surface area (Å²) in [7, 11) is 3.46. The van der Waals surface area contributed by atoms with E-state index in [4.69, 9.17) is 11.5 Å². The van der Waals surface area contributed by atoms with E-state index in [1.165, 1.54) is 11.8 Å². The summed E-state index contributed by atoms with van der Waals surface area (Å²) >= 11 is 1.39. The summed E-state index contributed by atoms with van der Waals surface area (Å²) in [5.41, 5.74) is 11.3. The number of nitrogens with zero attached hydrogens (tertiary/aromatic N) is 2. The third-order valence-electron chi connectivity index (χ3n) is 4.47. The Kier molecular flexibility index (Phi) is 5.57. The molecule has 2 aliphatic rings. The van der Waals surface area contributed by atoms with Gasteiger partial charge in [0.15, 0.2) is 6.04 Å². The Morgan fingerprint density at radius 3 is 2.68 bits per heavy atom. The predicted octanol–water partition coefficient (Wildman–Crippen LogP) is -3.29. The van der Waals surface area contributed by atoms with Gasteiger partial charge in [-0.05, 0) is 11.6 Å². The summed E-state index contributed by atoms with van der Waals surface area (Å²) in [4.78, 5) is 35.9. The second-order valence-corrected chi connectivity index (χ2v) is 7.67. The van der Waals surface area contributed by atoms with E-state index in [1.54, 1.807) is 26.2 Å². The van der Waals surface area contributed by atoms with E-state index in [2.05, 4.69) is 0 Å². The van der Waals surface area contributed by atoms with Crippen LogP contribution < -0.4 is 16.6 Å². The fourth-order valence-corrected chi connectivity index (χ4v) is 4.17. The molecular formula is C15H22N4O5S. The zero-order valence-electron chi connectivity index (χ0n) is 14.0. The Balaban J connectivity index is 2.20. The number of allylic oxidation sites excluding steroid dienone is 1. The summed E-state index contributed by atoms with van der Waals surface area (Å²) in [6.45, 7) is -0.0551. The molecule has 10 heteroatoms. The third kappa shape index (κ3) is 3.56. The molecule has 0 saturated carbocycles. The van der Waals surface area contributed by atoms with Crippen molar-refractivity contribution in [3.05, 3.63) is 23.4 Å². The van der Waals surface area contributed by atoms with Crippen molar-refractivity contribution in [2.45, 2.75) is 17.5 Å². The van der Waals surface area contributed by atoms with Crippen LogP contribution in [0.15, 0.2) is 23.4 Å². The highest BCUT2D eigenvalue weighted by molar-refractivity contribution is 8.00. The molecule has 0 unspecified atom stereocenters. The van der Waals surface area contributed by atoms with Crippen molar-refractivity contribution in [1.82, 2.24) is 4.90 Å². The smallest absolute Gasteiger partial charge is 0.278 e. The van der Waals surface area contributed by atoms with Crippen LogP contribution in [-0.4, -0.2) is 82.7 Å². The van der Waals surface area contributed by atoms with Crippen molar-refractivity contribution >= 4 is 29.5 Å². The van der Waals surface area contributed by atoms with Crippen molar-refractivity contribution in [2.75, 3.05) is 33.0 Å². The maximum Gasteiger partial charge on any atom is 0.278 e. The minimum Gasteiger partial charge on any atom is -0.543 e. The molecule has 1 saturated heterocycles. The number of carboxylic acid groups (broad SMARTS) is 1. The molecular weight excluding hydrogens is 348 g/mol. The van der Waals surface area contributed by atoms with Gasteiger partial charge in [0.05, 0.1) is 32.3 Å². The van der Waals surface area contributed by atoms with Crippen molar-refractivity contribution in [2.24, 2.45) is 11.5 Å². The number of fused-ring (bicyclic) bond motifs is 1. The number of rotatable bonds is 7. The van der Waals surface area contributed by atoms with Gasteiger partial charge < -0.3 is 31.0 Å². The number of aliphatic hydroxyl groups is 1. The molecule has 3 atom stereocenters. The minimum atomic E-state index is -1.43. The number of carbonyl (C=O) groups is 3. The van der Waals surface area contributed by atoms with E-state index in [0.717, 1.165) is 4.90 Å². The summed E-state index contributed by atoms with van der Waals surface area (Å²) in [6, 6.07) is -1.47. The average Bonchev–Trinajstić information content (AvgIpc) is 2.52. The van der Waals surface area contributed by atoms with Crippen LogP contribution in [0.3, 0.4) is 0 Å². The van der Waals surface area contributed by atoms with Crippen molar-refractivity contribution < 1.29 is 29.1 Å². The minimum absolute atomic E-state index is 0.111. The number of aliphatic carboxylic acids is 1. The van der Waals surface area contributed by atoms with E-state index in [9.17, 15) is 24.6 Å². The lowest BCUT2D eigenvalue weighted by Gasteiger charge is -2.49. The maximum atomic E-state index is 11.8. The highest BCUT2D eigenvalue weighted by Crippen LogP contribution is 2.39. The number of quaternary nitrogens is 1. The normalized spacial score (nSPS) is 25.0. The lowest BCUT2D eigenvalue weighted by molar-refractivity contribution is -0.900. The van der Waals surface area contributed by atoms with Crippen LogP contribution in [0.25, 0.3) is 0 Å². The van der Waals surface area contributed by atoms with Gasteiger partial charge in [0.25, 0.3) is 5.91 Å².